The van der Waals surface area contributed by atoms with E-state index in [2.05, 4.69) is 15.0 Å². The van der Waals surface area contributed by atoms with Crippen LogP contribution in [0, 0.1) is 5.82 Å². The summed E-state index contributed by atoms with van der Waals surface area (Å²) < 4.78 is 15.2. The minimum Gasteiger partial charge on any atom is -0.394 e. The molecule has 2 aromatic heterocycles. The van der Waals surface area contributed by atoms with Crippen molar-refractivity contribution >= 4 is 17.2 Å². The van der Waals surface area contributed by atoms with Gasteiger partial charge in [0, 0.05) is 12.7 Å². The summed E-state index contributed by atoms with van der Waals surface area (Å²) in [5, 5.41) is 4.14. The van der Waals surface area contributed by atoms with Crippen LogP contribution in [-0.2, 0) is 0 Å². The average Bonchev–Trinajstić information content (AvgIpc) is 3.14. The van der Waals surface area contributed by atoms with Crippen LogP contribution in [0.1, 0.15) is 24.4 Å². The zero-order valence-electron chi connectivity index (χ0n) is 12.0. The highest BCUT2D eigenvalue weighted by Gasteiger charge is 2.27. The lowest BCUT2D eigenvalue weighted by Gasteiger charge is -2.26. The zero-order valence-corrected chi connectivity index (χ0v) is 12.0. The first kappa shape index (κ1) is 13.1. The molecule has 0 bridgehead atoms. The van der Waals surface area contributed by atoms with Crippen LogP contribution >= 0.6 is 0 Å². The summed E-state index contributed by atoms with van der Waals surface area (Å²) in [6.07, 6.45) is 5.50. The first-order chi connectivity index (χ1) is 10.7. The Morgan fingerprint density at radius 2 is 2.18 bits per heavy atom. The van der Waals surface area contributed by atoms with Gasteiger partial charge in [0.2, 0.25) is 0 Å². The van der Waals surface area contributed by atoms with Crippen LogP contribution in [-0.4, -0.2) is 21.1 Å². The first-order valence-electron chi connectivity index (χ1n) is 7.34. The summed E-state index contributed by atoms with van der Waals surface area (Å²) in [6, 6.07) is 8.88. The predicted octanol–water partition coefficient (Wildman–Crippen LogP) is 2.79. The van der Waals surface area contributed by atoms with Crippen molar-refractivity contribution in [3.63, 3.8) is 0 Å². The van der Waals surface area contributed by atoms with E-state index in [1.807, 2.05) is 18.3 Å². The van der Waals surface area contributed by atoms with Gasteiger partial charge in [-0.25, -0.2) is 13.9 Å². The monoisotopic (exact) mass is 297 g/mol. The molecule has 2 N–H and O–H groups in total. The van der Waals surface area contributed by atoms with Crippen LogP contribution in [0.4, 0.5) is 15.9 Å². The molecule has 4 rings (SSSR count). The van der Waals surface area contributed by atoms with E-state index in [1.54, 1.807) is 22.8 Å². The Hall–Kier alpha value is -2.63. The summed E-state index contributed by atoms with van der Waals surface area (Å²) in [5.41, 5.74) is 8.10. The molecular weight excluding hydrogens is 281 g/mol. The fraction of sp³-hybridized carbons (Fsp3) is 0.250. The number of rotatable bonds is 2. The predicted molar refractivity (Wildman–Crippen MR) is 83.1 cm³/mol. The number of hydrogen-bond donors (Lipinski definition) is 1. The van der Waals surface area contributed by atoms with Gasteiger partial charge in [0.05, 0.1) is 17.9 Å². The fourth-order valence-corrected chi connectivity index (χ4v) is 3.14. The van der Waals surface area contributed by atoms with Crippen molar-refractivity contribution in [2.45, 2.75) is 18.9 Å². The fourth-order valence-electron chi connectivity index (χ4n) is 3.14. The molecule has 0 aliphatic carbocycles. The van der Waals surface area contributed by atoms with Crippen molar-refractivity contribution in [3.8, 4) is 0 Å². The molecule has 0 radical (unpaired) electrons. The normalized spacial score (nSPS) is 18.2. The number of nitrogens with two attached hydrogens (primary N) is 1. The Kier molecular flexibility index (Phi) is 2.96. The second-order valence-corrected chi connectivity index (χ2v) is 5.56. The molecule has 0 saturated carbocycles. The van der Waals surface area contributed by atoms with Gasteiger partial charge in [0.1, 0.15) is 11.6 Å². The summed E-state index contributed by atoms with van der Waals surface area (Å²) in [7, 11) is 0. The minimum absolute atomic E-state index is 0.148. The third-order valence-corrected chi connectivity index (χ3v) is 4.16. The van der Waals surface area contributed by atoms with E-state index < -0.39 is 0 Å². The second-order valence-electron chi connectivity index (χ2n) is 5.56. The lowest BCUT2D eigenvalue weighted by Crippen LogP contribution is -2.23. The molecule has 5 nitrogen and oxygen atoms in total. The first-order valence-corrected chi connectivity index (χ1v) is 7.34. The number of halogens is 1. The third kappa shape index (κ3) is 2.07. The molecule has 1 unspecified atom stereocenters. The average molecular weight is 297 g/mol. The topological polar surface area (TPSA) is 59.4 Å². The van der Waals surface area contributed by atoms with Crippen LogP contribution in [0.2, 0.25) is 0 Å². The molecule has 1 atom stereocenters. The molecule has 6 heteroatoms. The highest BCUT2D eigenvalue weighted by Crippen LogP contribution is 2.35. The summed E-state index contributed by atoms with van der Waals surface area (Å²) in [6.45, 7) is 0.901. The van der Waals surface area contributed by atoms with Crippen LogP contribution in [0.3, 0.4) is 0 Å². The molecule has 0 amide bonds. The van der Waals surface area contributed by atoms with Gasteiger partial charge >= 0.3 is 0 Å². The Balaban J connectivity index is 1.74. The van der Waals surface area contributed by atoms with E-state index in [0.29, 0.717) is 11.3 Å². The van der Waals surface area contributed by atoms with Crippen LogP contribution in [0.15, 0.2) is 42.7 Å². The number of aromatic nitrogens is 3. The van der Waals surface area contributed by atoms with Crippen molar-refractivity contribution < 1.29 is 4.39 Å². The van der Waals surface area contributed by atoms with Crippen LogP contribution < -0.4 is 10.6 Å². The third-order valence-electron chi connectivity index (χ3n) is 4.16. The standard InChI is InChI=1S/C16H16FN5/c17-12-4-1-3-11(9-12)14-5-2-7-21(14)15-6-8-22-16(20-15)13(18)10-19-22/h1,3-4,6,8-10,14H,2,5,7,18H2. The Morgan fingerprint density at radius 3 is 3.05 bits per heavy atom. The molecule has 22 heavy (non-hydrogen) atoms. The number of fused-ring (bicyclic) bond motifs is 1. The highest BCUT2D eigenvalue weighted by molar-refractivity contribution is 5.65. The molecule has 112 valence electrons. The maximum absolute atomic E-state index is 13.5. The van der Waals surface area contributed by atoms with Gasteiger partial charge in [-0.15, -0.1) is 0 Å². The molecule has 1 saturated heterocycles. The van der Waals surface area contributed by atoms with Crippen molar-refractivity contribution in [1.29, 1.82) is 0 Å². The molecule has 0 spiro atoms. The maximum Gasteiger partial charge on any atom is 0.180 e. The van der Waals surface area contributed by atoms with Gasteiger partial charge < -0.3 is 10.6 Å². The summed E-state index contributed by atoms with van der Waals surface area (Å²) >= 11 is 0. The van der Waals surface area contributed by atoms with Crippen LogP contribution in [0.5, 0.6) is 0 Å². The molecule has 1 aliphatic rings. The second kappa shape index (κ2) is 4.98. The number of nitrogens with zero attached hydrogens (tertiary/aromatic N) is 4. The van der Waals surface area contributed by atoms with E-state index in [0.717, 1.165) is 30.8 Å². The molecule has 1 aromatic carbocycles. The van der Waals surface area contributed by atoms with Gasteiger partial charge in [-0.05, 0) is 36.6 Å². The Labute approximate surface area is 127 Å². The molecular formula is C16H16FN5. The maximum atomic E-state index is 13.5. The van der Waals surface area contributed by atoms with Crippen molar-refractivity contribution in [2.75, 3.05) is 17.2 Å². The van der Waals surface area contributed by atoms with E-state index in [1.165, 1.54) is 6.07 Å². The lowest BCUT2D eigenvalue weighted by molar-refractivity contribution is 0.618. The van der Waals surface area contributed by atoms with Gasteiger partial charge in [0.25, 0.3) is 0 Å². The van der Waals surface area contributed by atoms with E-state index in [-0.39, 0.29) is 11.9 Å². The molecule has 3 heterocycles. The number of nitrogen functional groups attached to an aromatic ring is 1. The van der Waals surface area contributed by atoms with E-state index in [4.69, 9.17) is 5.73 Å². The van der Waals surface area contributed by atoms with Crippen molar-refractivity contribution in [2.24, 2.45) is 0 Å². The Morgan fingerprint density at radius 1 is 1.27 bits per heavy atom. The zero-order chi connectivity index (χ0) is 15.1. The Bertz CT molecular complexity index is 828. The molecule has 1 aliphatic heterocycles. The van der Waals surface area contributed by atoms with Gasteiger partial charge in [-0.2, -0.15) is 5.10 Å². The number of benzene rings is 1. The smallest absolute Gasteiger partial charge is 0.180 e. The lowest BCUT2D eigenvalue weighted by atomic mass is 10.0. The van der Waals surface area contributed by atoms with Crippen molar-refractivity contribution in [1.82, 2.24) is 14.6 Å². The van der Waals surface area contributed by atoms with Gasteiger partial charge in [-0.3, -0.25) is 0 Å². The van der Waals surface area contributed by atoms with E-state index in [9.17, 15) is 4.39 Å². The SMILES string of the molecule is Nc1cnn2ccc(N3CCCC3c3cccc(F)c3)nc12. The minimum atomic E-state index is -0.201. The number of hydrogen-bond acceptors (Lipinski definition) is 4. The van der Waals surface area contributed by atoms with Crippen molar-refractivity contribution in [3.05, 3.63) is 54.1 Å². The van der Waals surface area contributed by atoms with Gasteiger partial charge in [-0.1, -0.05) is 12.1 Å². The summed E-state index contributed by atoms with van der Waals surface area (Å²) in [4.78, 5) is 6.83. The molecule has 3 aromatic rings. The number of anilines is 2. The largest absolute Gasteiger partial charge is 0.394 e. The molecule has 1 fully saturated rings. The van der Waals surface area contributed by atoms with Gasteiger partial charge in [0.15, 0.2) is 5.65 Å². The van der Waals surface area contributed by atoms with Crippen LogP contribution in [0.25, 0.3) is 5.65 Å². The van der Waals surface area contributed by atoms with E-state index >= 15 is 0 Å². The highest BCUT2D eigenvalue weighted by atomic mass is 19.1. The quantitative estimate of drug-likeness (QED) is 0.790. The summed E-state index contributed by atoms with van der Waals surface area (Å²) in [5.74, 6) is 0.652.